The predicted molar refractivity (Wildman–Crippen MR) is 78.8 cm³/mol. The summed E-state index contributed by atoms with van der Waals surface area (Å²) in [4.78, 5) is 0. The second-order valence-corrected chi connectivity index (χ2v) is 9.07. The van der Waals surface area contributed by atoms with Crippen LogP contribution in [0, 0.1) is 5.92 Å². The molecule has 0 radical (unpaired) electrons. The normalized spacial score (nSPS) is 11.9. The second-order valence-electron chi connectivity index (χ2n) is 5.39. The summed E-state index contributed by atoms with van der Waals surface area (Å²) < 4.78 is 5.64. The maximum Gasteiger partial charge on any atom is 0.115 e. The van der Waals surface area contributed by atoms with Gasteiger partial charge in [0.15, 0.2) is 0 Å². The smallest absolute Gasteiger partial charge is 0.115 e. The third kappa shape index (κ3) is 11.6. The highest BCUT2D eigenvalue weighted by atomic mass is 32.3. The highest BCUT2D eigenvalue weighted by Crippen LogP contribution is 2.37. The van der Waals surface area contributed by atoms with Gasteiger partial charge in [0, 0.05) is 0 Å². The quantitative estimate of drug-likeness (QED) is 0.881. The SMILES string of the molecule is CC(C)C.CS(C)(C)OCc1cccc(O)c1. The molecule has 0 aromatic heterocycles. The summed E-state index contributed by atoms with van der Waals surface area (Å²) in [6, 6.07) is 7.16. The van der Waals surface area contributed by atoms with E-state index in [1.165, 1.54) is 0 Å². The molecule has 1 aromatic rings. The molecule has 0 atom stereocenters. The van der Waals surface area contributed by atoms with E-state index in [4.69, 9.17) is 4.18 Å². The van der Waals surface area contributed by atoms with Crippen molar-refractivity contribution in [2.45, 2.75) is 27.4 Å². The summed E-state index contributed by atoms with van der Waals surface area (Å²) in [6.45, 7) is 7.08. The van der Waals surface area contributed by atoms with Gasteiger partial charge < -0.3 is 9.29 Å². The minimum Gasteiger partial charge on any atom is -0.508 e. The van der Waals surface area contributed by atoms with Gasteiger partial charge >= 0.3 is 0 Å². The second kappa shape index (κ2) is 7.62. The fourth-order valence-electron chi connectivity index (χ4n) is 0.891. The lowest BCUT2D eigenvalue weighted by Crippen LogP contribution is -1.98. The van der Waals surface area contributed by atoms with Gasteiger partial charge in [-0.25, -0.2) is 0 Å². The van der Waals surface area contributed by atoms with Crippen molar-refractivity contribution in [3.63, 3.8) is 0 Å². The molecule has 0 aliphatic heterocycles. The third-order valence-corrected chi connectivity index (χ3v) is 2.31. The molecule has 0 bridgehead atoms. The molecule has 2 nitrogen and oxygen atoms in total. The van der Waals surface area contributed by atoms with Gasteiger partial charge in [-0.1, -0.05) is 32.9 Å². The Morgan fingerprint density at radius 2 is 1.71 bits per heavy atom. The molecule has 0 heterocycles. The lowest BCUT2D eigenvalue weighted by molar-refractivity contribution is 0.350. The van der Waals surface area contributed by atoms with Crippen LogP contribution in [0.4, 0.5) is 0 Å². The van der Waals surface area contributed by atoms with Gasteiger partial charge in [0.1, 0.15) is 5.75 Å². The van der Waals surface area contributed by atoms with Crippen LogP contribution in [0.25, 0.3) is 0 Å². The van der Waals surface area contributed by atoms with Gasteiger partial charge in [0.2, 0.25) is 0 Å². The maximum absolute atomic E-state index is 9.19. The average molecular weight is 258 g/mol. The average Bonchev–Trinajstić information content (AvgIpc) is 2.13. The first-order chi connectivity index (χ1) is 7.70. The van der Waals surface area contributed by atoms with Crippen LogP contribution in [-0.4, -0.2) is 23.9 Å². The Labute approximate surface area is 108 Å². The molecule has 1 rings (SSSR count). The van der Waals surface area contributed by atoms with Crippen LogP contribution in [0.5, 0.6) is 5.75 Å². The fraction of sp³-hybridized carbons (Fsp3) is 0.571. The highest BCUT2D eigenvalue weighted by Gasteiger charge is 2.04. The van der Waals surface area contributed by atoms with Gasteiger partial charge in [-0.05, 0) is 42.4 Å². The van der Waals surface area contributed by atoms with E-state index in [0.717, 1.165) is 11.5 Å². The zero-order valence-corrected chi connectivity index (χ0v) is 12.7. The zero-order valence-electron chi connectivity index (χ0n) is 11.9. The summed E-state index contributed by atoms with van der Waals surface area (Å²) in [5, 5.41) is 9.19. The van der Waals surface area contributed by atoms with E-state index in [2.05, 4.69) is 39.5 Å². The minimum absolute atomic E-state index is 0.296. The summed E-state index contributed by atoms with van der Waals surface area (Å²) in [6.07, 6.45) is 6.28. The Hall–Kier alpha value is -0.670. The maximum atomic E-state index is 9.19. The molecule has 0 aliphatic rings. The van der Waals surface area contributed by atoms with Crippen molar-refractivity contribution >= 4 is 10.3 Å². The van der Waals surface area contributed by atoms with Crippen LogP contribution < -0.4 is 0 Å². The fourth-order valence-corrected chi connectivity index (χ4v) is 1.38. The Balaban J connectivity index is 0.000000557. The van der Waals surface area contributed by atoms with Crippen LogP contribution in [0.2, 0.25) is 0 Å². The molecule has 0 saturated heterocycles. The standard InChI is InChI=1S/C10H16O2S.C4H10/c1-13(2,3)12-8-9-5-4-6-10(11)7-9;1-4(2)3/h4-7,11H,8H2,1-3H3;4H,1-3H3. The summed E-state index contributed by atoms with van der Waals surface area (Å²) >= 11 is 0. The van der Waals surface area contributed by atoms with Gasteiger partial charge in [0.05, 0.1) is 6.61 Å². The van der Waals surface area contributed by atoms with Crippen molar-refractivity contribution in [2.75, 3.05) is 18.8 Å². The van der Waals surface area contributed by atoms with E-state index in [-0.39, 0.29) is 0 Å². The van der Waals surface area contributed by atoms with Gasteiger partial charge in [-0.2, -0.15) is 0 Å². The van der Waals surface area contributed by atoms with Gasteiger partial charge in [0.25, 0.3) is 0 Å². The van der Waals surface area contributed by atoms with Gasteiger partial charge in [-0.3, -0.25) is 0 Å². The summed E-state index contributed by atoms with van der Waals surface area (Å²) in [5.74, 6) is 1.13. The number of hydrogen-bond donors (Lipinski definition) is 1. The van der Waals surface area contributed by atoms with Crippen molar-refractivity contribution in [1.29, 1.82) is 0 Å². The molecule has 3 heteroatoms. The minimum atomic E-state index is -0.917. The van der Waals surface area contributed by atoms with Crippen molar-refractivity contribution in [1.82, 2.24) is 0 Å². The van der Waals surface area contributed by atoms with Crippen molar-refractivity contribution in [2.24, 2.45) is 5.92 Å². The molecular formula is C14H26O2S. The monoisotopic (exact) mass is 258 g/mol. The van der Waals surface area contributed by atoms with Crippen LogP contribution >= 0.6 is 10.3 Å². The molecule has 17 heavy (non-hydrogen) atoms. The molecule has 0 saturated carbocycles. The number of rotatable bonds is 3. The summed E-state index contributed by atoms with van der Waals surface area (Å²) in [7, 11) is -0.917. The molecule has 100 valence electrons. The van der Waals surface area contributed by atoms with Crippen molar-refractivity contribution in [3.8, 4) is 5.75 Å². The first kappa shape index (κ1) is 16.3. The molecular weight excluding hydrogens is 232 g/mol. The zero-order chi connectivity index (χ0) is 13.5. The molecule has 0 unspecified atom stereocenters. The first-order valence-corrected chi connectivity index (χ1v) is 8.59. The lowest BCUT2D eigenvalue weighted by atomic mass is 10.2. The van der Waals surface area contributed by atoms with Crippen LogP contribution in [0.15, 0.2) is 24.3 Å². The third-order valence-electron chi connectivity index (χ3n) is 1.49. The molecule has 0 fully saturated rings. The Morgan fingerprint density at radius 3 is 2.12 bits per heavy atom. The van der Waals surface area contributed by atoms with E-state index < -0.39 is 10.3 Å². The summed E-state index contributed by atoms with van der Waals surface area (Å²) in [5.41, 5.74) is 1.02. The van der Waals surface area contributed by atoms with E-state index in [1.807, 2.05) is 12.1 Å². The highest BCUT2D eigenvalue weighted by molar-refractivity contribution is 8.28. The van der Waals surface area contributed by atoms with Crippen LogP contribution in [-0.2, 0) is 10.8 Å². The number of aromatic hydroxyl groups is 1. The van der Waals surface area contributed by atoms with Gasteiger partial charge in [-0.15, -0.1) is 10.3 Å². The van der Waals surface area contributed by atoms with E-state index >= 15 is 0 Å². The topological polar surface area (TPSA) is 29.5 Å². The van der Waals surface area contributed by atoms with E-state index in [1.54, 1.807) is 12.1 Å². The number of phenolic OH excluding ortho intramolecular Hbond substituents is 1. The molecule has 0 amide bonds. The molecule has 1 aromatic carbocycles. The first-order valence-electron chi connectivity index (χ1n) is 5.81. The van der Waals surface area contributed by atoms with E-state index in [0.29, 0.717) is 12.4 Å². The Morgan fingerprint density at radius 1 is 1.18 bits per heavy atom. The molecule has 1 N–H and O–H groups in total. The van der Waals surface area contributed by atoms with Crippen molar-refractivity contribution < 1.29 is 9.29 Å². The van der Waals surface area contributed by atoms with E-state index in [9.17, 15) is 5.11 Å². The number of hydrogen-bond acceptors (Lipinski definition) is 2. The predicted octanol–water partition coefficient (Wildman–Crippen LogP) is 4.18. The largest absolute Gasteiger partial charge is 0.508 e. The van der Waals surface area contributed by atoms with Crippen molar-refractivity contribution in [3.05, 3.63) is 29.8 Å². The Bertz CT molecular complexity index is 313. The molecule has 0 aliphatic carbocycles. The molecule has 0 spiro atoms. The number of phenols is 1. The van der Waals surface area contributed by atoms with Crippen LogP contribution in [0.1, 0.15) is 26.3 Å². The Kier molecular flexibility index (Phi) is 7.32. The number of benzene rings is 1. The van der Waals surface area contributed by atoms with Crippen LogP contribution in [0.3, 0.4) is 0 Å². The lowest BCUT2D eigenvalue weighted by Gasteiger charge is -2.25.